The Bertz CT molecular complexity index is 668. The van der Waals surface area contributed by atoms with E-state index in [1.807, 2.05) is 42.5 Å². The van der Waals surface area contributed by atoms with Gasteiger partial charge in [0, 0.05) is 12.2 Å². The minimum atomic E-state index is 0.0428. The number of nitriles is 2. The van der Waals surface area contributed by atoms with Crippen molar-refractivity contribution in [3.8, 4) is 17.9 Å². The summed E-state index contributed by atoms with van der Waals surface area (Å²) in [6.07, 6.45) is 0. The predicted molar refractivity (Wildman–Crippen MR) is 76.0 cm³/mol. The average Bonchev–Trinajstić information content (AvgIpc) is 2.51. The maximum atomic E-state index is 8.85. The molecule has 0 fully saturated rings. The lowest BCUT2D eigenvalue weighted by molar-refractivity contribution is 0.368. The van der Waals surface area contributed by atoms with E-state index in [0.29, 0.717) is 17.9 Å². The van der Waals surface area contributed by atoms with Crippen molar-refractivity contribution in [1.29, 1.82) is 10.5 Å². The monoisotopic (exact) mass is 263 g/mol. The predicted octanol–water partition coefficient (Wildman–Crippen LogP) is 3.07. The van der Waals surface area contributed by atoms with Crippen LogP contribution in [0.4, 0.5) is 5.69 Å². The van der Waals surface area contributed by atoms with Gasteiger partial charge in [0.1, 0.15) is 11.8 Å². The molecular formula is C16H13N3O. The molecule has 0 saturated heterocycles. The van der Waals surface area contributed by atoms with Crippen LogP contribution in [0.5, 0.6) is 5.75 Å². The molecule has 0 radical (unpaired) electrons. The van der Waals surface area contributed by atoms with Gasteiger partial charge in [0.25, 0.3) is 0 Å². The normalized spacial score (nSPS) is 9.30. The van der Waals surface area contributed by atoms with Crippen LogP contribution >= 0.6 is 0 Å². The lowest BCUT2D eigenvalue weighted by Gasteiger charge is -2.08. The topological polar surface area (TPSA) is 68.8 Å². The van der Waals surface area contributed by atoms with Crippen molar-refractivity contribution in [2.24, 2.45) is 0 Å². The molecule has 2 aromatic rings. The van der Waals surface area contributed by atoms with Crippen molar-refractivity contribution in [3.05, 3.63) is 59.7 Å². The van der Waals surface area contributed by atoms with Gasteiger partial charge in [0.15, 0.2) is 6.61 Å². The van der Waals surface area contributed by atoms with Crippen molar-refractivity contribution >= 4 is 5.69 Å². The minimum absolute atomic E-state index is 0.0428. The molecule has 20 heavy (non-hydrogen) atoms. The number of anilines is 1. The highest BCUT2D eigenvalue weighted by atomic mass is 16.5. The Balaban J connectivity index is 2.00. The summed E-state index contributed by atoms with van der Waals surface area (Å²) in [5, 5.41) is 20.6. The van der Waals surface area contributed by atoms with E-state index >= 15 is 0 Å². The summed E-state index contributed by atoms with van der Waals surface area (Å²) in [5.41, 5.74) is 2.57. The van der Waals surface area contributed by atoms with E-state index in [2.05, 4.69) is 11.4 Å². The van der Waals surface area contributed by atoms with Gasteiger partial charge in [-0.3, -0.25) is 0 Å². The van der Waals surface area contributed by atoms with Crippen molar-refractivity contribution in [3.63, 3.8) is 0 Å². The fourth-order valence-corrected chi connectivity index (χ4v) is 1.76. The summed E-state index contributed by atoms with van der Waals surface area (Å²) in [7, 11) is 0. The number of hydrogen-bond acceptors (Lipinski definition) is 4. The van der Waals surface area contributed by atoms with Crippen molar-refractivity contribution < 1.29 is 4.74 Å². The van der Waals surface area contributed by atoms with E-state index in [-0.39, 0.29) is 6.61 Å². The van der Waals surface area contributed by atoms with Crippen LogP contribution in [-0.2, 0) is 6.54 Å². The molecule has 0 amide bonds. The third-order valence-corrected chi connectivity index (χ3v) is 2.69. The van der Waals surface area contributed by atoms with E-state index in [1.54, 1.807) is 12.1 Å². The highest BCUT2D eigenvalue weighted by Gasteiger charge is 1.98. The summed E-state index contributed by atoms with van der Waals surface area (Å²) >= 11 is 0. The molecule has 0 heterocycles. The first kappa shape index (κ1) is 13.5. The lowest BCUT2D eigenvalue weighted by atomic mass is 10.2. The number of nitrogens with zero attached hydrogens (tertiary/aromatic N) is 2. The molecule has 0 bridgehead atoms. The van der Waals surface area contributed by atoms with Crippen molar-refractivity contribution in [2.45, 2.75) is 6.54 Å². The molecule has 0 aliphatic rings. The maximum absolute atomic E-state index is 8.85. The number of benzene rings is 2. The van der Waals surface area contributed by atoms with Gasteiger partial charge in [-0.1, -0.05) is 18.2 Å². The molecule has 1 N–H and O–H groups in total. The number of rotatable bonds is 5. The van der Waals surface area contributed by atoms with Gasteiger partial charge >= 0.3 is 0 Å². The highest BCUT2D eigenvalue weighted by molar-refractivity contribution is 5.49. The molecule has 0 aliphatic carbocycles. The Labute approximate surface area is 117 Å². The summed E-state index contributed by atoms with van der Waals surface area (Å²) < 4.78 is 5.25. The largest absolute Gasteiger partial charge is 0.479 e. The minimum Gasteiger partial charge on any atom is -0.479 e. The third-order valence-electron chi connectivity index (χ3n) is 2.69. The zero-order valence-corrected chi connectivity index (χ0v) is 10.8. The highest BCUT2D eigenvalue weighted by Crippen LogP contribution is 2.16. The summed E-state index contributed by atoms with van der Waals surface area (Å²) in [6, 6.07) is 18.9. The van der Waals surface area contributed by atoms with Gasteiger partial charge in [-0.15, -0.1) is 0 Å². The molecular weight excluding hydrogens is 250 g/mol. The van der Waals surface area contributed by atoms with E-state index in [9.17, 15) is 0 Å². The molecule has 0 aliphatic heterocycles. The van der Waals surface area contributed by atoms with Gasteiger partial charge in [-0.2, -0.15) is 10.5 Å². The number of hydrogen-bond donors (Lipinski definition) is 1. The van der Waals surface area contributed by atoms with E-state index < -0.39 is 0 Å². The molecule has 2 aromatic carbocycles. The fraction of sp³-hybridized carbons (Fsp3) is 0.125. The van der Waals surface area contributed by atoms with Crippen LogP contribution < -0.4 is 10.1 Å². The Morgan fingerprint density at radius 1 is 1.05 bits per heavy atom. The molecule has 98 valence electrons. The van der Waals surface area contributed by atoms with E-state index in [1.165, 1.54) is 0 Å². The summed E-state index contributed by atoms with van der Waals surface area (Å²) in [5.74, 6) is 0.677. The maximum Gasteiger partial charge on any atom is 0.174 e. The smallest absolute Gasteiger partial charge is 0.174 e. The van der Waals surface area contributed by atoms with Gasteiger partial charge in [0.05, 0.1) is 11.6 Å². The van der Waals surface area contributed by atoms with E-state index in [0.717, 1.165) is 11.3 Å². The van der Waals surface area contributed by atoms with E-state index in [4.69, 9.17) is 15.3 Å². The molecule has 4 heteroatoms. The zero-order valence-electron chi connectivity index (χ0n) is 10.8. The standard InChI is InChI=1S/C16H13N3O/c17-7-8-20-16-6-2-4-14(10-16)12-19-15-5-1-3-13(9-15)11-18/h1-6,9-10,19H,8,12H2. The van der Waals surface area contributed by atoms with Crippen LogP contribution in [0, 0.1) is 22.7 Å². The third kappa shape index (κ3) is 3.76. The van der Waals surface area contributed by atoms with Crippen LogP contribution in [0.15, 0.2) is 48.5 Å². The number of nitrogens with one attached hydrogen (secondary N) is 1. The fourth-order valence-electron chi connectivity index (χ4n) is 1.76. The zero-order chi connectivity index (χ0) is 14.2. The summed E-state index contributed by atoms with van der Waals surface area (Å²) in [6.45, 7) is 0.666. The van der Waals surface area contributed by atoms with Gasteiger partial charge in [-0.05, 0) is 35.9 Å². The second kappa shape index (κ2) is 6.82. The van der Waals surface area contributed by atoms with Crippen molar-refractivity contribution in [1.82, 2.24) is 0 Å². The van der Waals surface area contributed by atoms with Gasteiger partial charge in [0.2, 0.25) is 0 Å². The average molecular weight is 263 g/mol. The first-order chi connectivity index (χ1) is 9.81. The Kier molecular flexibility index (Phi) is 4.59. The molecule has 0 spiro atoms. The Hall–Kier alpha value is -2.98. The van der Waals surface area contributed by atoms with Crippen LogP contribution in [0.3, 0.4) is 0 Å². The first-order valence-corrected chi connectivity index (χ1v) is 6.14. The lowest BCUT2D eigenvalue weighted by Crippen LogP contribution is -2.00. The number of ether oxygens (including phenoxy) is 1. The molecule has 0 saturated carbocycles. The van der Waals surface area contributed by atoms with Gasteiger partial charge in [-0.25, -0.2) is 0 Å². The van der Waals surface area contributed by atoms with Crippen LogP contribution in [0.1, 0.15) is 11.1 Å². The van der Waals surface area contributed by atoms with Crippen LogP contribution in [0.2, 0.25) is 0 Å². The Morgan fingerprint density at radius 3 is 2.70 bits per heavy atom. The SMILES string of the molecule is N#CCOc1cccc(CNc2cccc(C#N)c2)c1. The molecule has 0 atom stereocenters. The molecule has 2 rings (SSSR count). The quantitative estimate of drug-likeness (QED) is 0.900. The van der Waals surface area contributed by atoms with Crippen molar-refractivity contribution in [2.75, 3.05) is 11.9 Å². The van der Waals surface area contributed by atoms with Gasteiger partial charge < -0.3 is 10.1 Å². The summed E-state index contributed by atoms with van der Waals surface area (Å²) in [4.78, 5) is 0. The van der Waals surface area contributed by atoms with Crippen LogP contribution in [-0.4, -0.2) is 6.61 Å². The second-order valence-electron chi connectivity index (χ2n) is 4.14. The second-order valence-corrected chi connectivity index (χ2v) is 4.14. The first-order valence-electron chi connectivity index (χ1n) is 6.14. The molecule has 0 unspecified atom stereocenters. The Morgan fingerprint density at radius 2 is 1.90 bits per heavy atom. The van der Waals surface area contributed by atoms with Crippen LogP contribution in [0.25, 0.3) is 0 Å². The molecule has 4 nitrogen and oxygen atoms in total. The molecule has 0 aromatic heterocycles.